The molecule has 0 radical (unpaired) electrons. The van der Waals surface area contributed by atoms with Gasteiger partial charge in [0.2, 0.25) is 6.33 Å². The van der Waals surface area contributed by atoms with Gasteiger partial charge in [-0.25, -0.2) is 4.57 Å². The highest BCUT2D eigenvalue weighted by molar-refractivity contribution is 9.10. The van der Waals surface area contributed by atoms with Gasteiger partial charge in [-0.05, 0) is 35.4 Å². The zero-order valence-electron chi connectivity index (χ0n) is 14.5. The van der Waals surface area contributed by atoms with Crippen molar-refractivity contribution in [1.29, 1.82) is 0 Å². The van der Waals surface area contributed by atoms with Crippen molar-refractivity contribution in [2.24, 2.45) is 0 Å². The van der Waals surface area contributed by atoms with Gasteiger partial charge in [-0.3, -0.25) is 0 Å². The molecule has 146 valence electrons. The summed E-state index contributed by atoms with van der Waals surface area (Å²) < 4.78 is 50.4. The van der Waals surface area contributed by atoms with Gasteiger partial charge in [0.15, 0.2) is 0 Å². The minimum absolute atomic E-state index is 0.215. The summed E-state index contributed by atoms with van der Waals surface area (Å²) in [7, 11) is -6.00. The number of hydrogen-bond donors (Lipinski definition) is 0. The van der Waals surface area contributed by atoms with Gasteiger partial charge in [0, 0.05) is 16.0 Å². The van der Waals surface area contributed by atoms with Gasteiger partial charge in [-0.2, -0.15) is 0 Å². The van der Waals surface area contributed by atoms with Crippen LogP contribution in [0.2, 0.25) is 0 Å². The molecular weight excluding hydrogens is 441 g/mol. The van der Waals surface area contributed by atoms with Crippen LogP contribution < -0.4 is 4.57 Å². The van der Waals surface area contributed by atoms with Crippen LogP contribution in [0.3, 0.4) is 0 Å². The summed E-state index contributed by atoms with van der Waals surface area (Å²) in [5.41, 5.74) is 3.80. The topological polar surface area (TPSA) is 30.9 Å². The lowest BCUT2D eigenvalue weighted by molar-refractivity contribution is -0.739. The number of fused-ring (bicyclic) bond motifs is 5. The predicted octanol–water partition coefficient (Wildman–Crippen LogP) is 4.27. The molecule has 2 heterocycles. The maximum Gasteiger partial charge on any atom is 0.673 e. The average Bonchev–Trinajstić information content (AvgIpc) is 3.21. The van der Waals surface area contributed by atoms with E-state index in [0.717, 1.165) is 22.4 Å². The summed E-state index contributed by atoms with van der Waals surface area (Å²) in [5.74, 6) is 0.978. The van der Waals surface area contributed by atoms with Gasteiger partial charge in [0.05, 0.1) is 0 Å². The monoisotopic (exact) mass is 455 g/mol. The van der Waals surface area contributed by atoms with Crippen molar-refractivity contribution >= 4 is 23.2 Å². The second-order valence-electron chi connectivity index (χ2n) is 6.55. The Labute approximate surface area is 167 Å². The fourth-order valence-corrected chi connectivity index (χ4v) is 3.90. The number of halogens is 5. The summed E-state index contributed by atoms with van der Waals surface area (Å²) in [6.45, 7) is 0.568. The molecule has 0 saturated heterocycles. The van der Waals surface area contributed by atoms with Gasteiger partial charge in [0.1, 0.15) is 24.4 Å². The number of hydrogen-bond acceptors (Lipinski definition) is 2. The quantitative estimate of drug-likeness (QED) is 0.312. The summed E-state index contributed by atoms with van der Waals surface area (Å²) in [4.78, 5) is 0. The Morgan fingerprint density at radius 1 is 1.07 bits per heavy atom. The number of rotatable bonds is 1. The largest absolute Gasteiger partial charge is 0.673 e. The first kappa shape index (κ1) is 19.1. The standard InChI is InChI=1S/C18H15BrN3O.BF4/c19-13-5-7-14(8-6-13)22-11-21-17(20-22)10-23-16-9-12-3-1-2-4-15(12)18(16)21;2-1(3,4)5/h1-8,11,16,18H,9-10H2;/q+1;-1. The average molecular weight is 456 g/mol. The predicted molar refractivity (Wildman–Crippen MR) is 98.5 cm³/mol. The molecule has 2 atom stereocenters. The van der Waals surface area contributed by atoms with Crippen molar-refractivity contribution in [3.63, 3.8) is 0 Å². The number of ether oxygens (including phenoxy) is 1. The lowest BCUT2D eigenvalue weighted by Gasteiger charge is -2.23. The molecule has 3 aromatic rings. The van der Waals surface area contributed by atoms with Crippen molar-refractivity contribution in [1.82, 2.24) is 9.78 Å². The van der Waals surface area contributed by atoms with Gasteiger partial charge in [-0.15, -0.1) is 0 Å². The maximum absolute atomic E-state index is 9.75. The van der Waals surface area contributed by atoms with Crippen LogP contribution in [0.15, 0.2) is 59.3 Å². The maximum atomic E-state index is 9.75. The first-order valence-corrected chi connectivity index (χ1v) is 9.41. The van der Waals surface area contributed by atoms with Crippen molar-refractivity contribution in [3.05, 3.63) is 76.3 Å². The highest BCUT2D eigenvalue weighted by atomic mass is 79.9. The summed E-state index contributed by atoms with van der Waals surface area (Å²) in [6.07, 6.45) is 3.30. The molecule has 4 nitrogen and oxygen atoms in total. The molecule has 28 heavy (non-hydrogen) atoms. The molecule has 2 aliphatic rings. The number of aromatic nitrogens is 3. The van der Waals surface area contributed by atoms with Crippen molar-refractivity contribution in [3.8, 4) is 5.69 Å². The highest BCUT2D eigenvalue weighted by Gasteiger charge is 2.43. The molecule has 1 aromatic heterocycles. The minimum Gasteiger partial charge on any atom is -0.418 e. The van der Waals surface area contributed by atoms with Crippen molar-refractivity contribution < 1.29 is 26.6 Å². The summed E-state index contributed by atoms with van der Waals surface area (Å²) in [6, 6.07) is 17.0. The molecule has 5 rings (SSSR count). The first-order valence-electron chi connectivity index (χ1n) is 8.62. The second-order valence-corrected chi connectivity index (χ2v) is 7.47. The second kappa shape index (κ2) is 7.33. The van der Waals surface area contributed by atoms with Crippen LogP contribution in [0.1, 0.15) is 23.0 Å². The molecule has 0 spiro atoms. The molecule has 0 fully saturated rings. The van der Waals surface area contributed by atoms with Gasteiger partial charge in [0.25, 0.3) is 0 Å². The van der Waals surface area contributed by atoms with Crippen LogP contribution in [-0.2, 0) is 17.8 Å². The summed E-state index contributed by atoms with van der Waals surface area (Å²) in [5, 5.41) is 4.72. The molecule has 2 unspecified atom stereocenters. The normalized spacial score (nSPS) is 19.9. The van der Waals surface area contributed by atoms with E-state index in [1.807, 2.05) is 16.8 Å². The van der Waals surface area contributed by atoms with E-state index < -0.39 is 7.25 Å². The van der Waals surface area contributed by atoms with Crippen LogP contribution in [0, 0.1) is 0 Å². The van der Waals surface area contributed by atoms with Crippen LogP contribution in [0.5, 0.6) is 0 Å². The van der Waals surface area contributed by atoms with E-state index in [9.17, 15) is 17.3 Å². The van der Waals surface area contributed by atoms with Crippen LogP contribution in [0.25, 0.3) is 5.69 Å². The smallest absolute Gasteiger partial charge is 0.418 e. The van der Waals surface area contributed by atoms with Gasteiger partial charge < -0.3 is 22.0 Å². The Bertz CT molecular complexity index is 987. The van der Waals surface area contributed by atoms with E-state index >= 15 is 0 Å². The van der Waals surface area contributed by atoms with Crippen LogP contribution >= 0.6 is 15.9 Å². The lowest BCUT2D eigenvalue weighted by Crippen LogP contribution is -2.51. The van der Waals surface area contributed by atoms with Crippen molar-refractivity contribution in [2.45, 2.75) is 25.2 Å². The SMILES string of the molecule is Brc1ccc(-n2c[n+]3c(n2)COC2Cc4ccccc4C23)cc1.F[B-](F)(F)F. The van der Waals surface area contributed by atoms with E-state index in [0.29, 0.717) is 6.61 Å². The number of nitrogens with zero attached hydrogens (tertiary/aromatic N) is 3. The molecular formula is C18H15BBrF4N3O. The van der Waals surface area contributed by atoms with Gasteiger partial charge >= 0.3 is 13.1 Å². The molecule has 0 bridgehead atoms. The fourth-order valence-electron chi connectivity index (χ4n) is 3.64. The van der Waals surface area contributed by atoms with E-state index in [-0.39, 0.29) is 12.1 Å². The Kier molecular flexibility index (Phi) is 5.01. The molecule has 2 aromatic carbocycles. The van der Waals surface area contributed by atoms with Crippen LogP contribution in [-0.4, -0.2) is 23.1 Å². The molecule has 0 N–H and O–H groups in total. The van der Waals surface area contributed by atoms with E-state index in [4.69, 9.17) is 9.84 Å². The fraction of sp³-hybridized carbons (Fsp3) is 0.222. The third-order valence-corrected chi connectivity index (χ3v) is 5.25. The Balaban J connectivity index is 0.000000346. The van der Waals surface area contributed by atoms with E-state index in [2.05, 4.69) is 63.2 Å². The molecule has 10 heteroatoms. The Morgan fingerprint density at radius 3 is 2.46 bits per heavy atom. The van der Waals surface area contributed by atoms with Gasteiger partial charge in [-0.1, -0.05) is 44.9 Å². The van der Waals surface area contributed by atoms with E-state index in [1.54, 1.807) is 0 Å². The lowest BCUT2D eigenvalue weighted by atomic mass is 10.1. The molecule has 0 amide bonds. The van der Waals surface area contributed by atoms with Crippen molar-refractivity contribution in [2.75, 3.05) is 0 Å². The molecule has 1 aliphatic heterocycles. The summed E-state index contributed by atoms with van der Waals surface area (Å²) >= 11 is 3.48. The van der Waals surface area contributed by atoms with Crippen LogP contribution in [0.4, 0.5) is 17.3 Å². The Hall–Kier alpha value is -2.20. The van der Waals surface area contributed by atoms with E-state index in [1.165, 1.54) is 11.1 Å². The zero-order chi connectivity index (χ0) is 19.9. The zero-order valence-corrected chi connectivity index (χ0v) is 16.1. The molecule has 0 saturated carbocycles. The first-order chi connectivity index (χ1) is 13.3. The highest BCUT2D eigenvalue weighted by Crippen LogP contribution is 2.35. The number of benzene rings is 2. The Morgan fingerprint density at radius 2 is 1.75 bits per heavy atom. The minimum atomic E-state index is -6.00. The molecule has 1 aliphatic carbocycles. The third-order valence-electron chi connectivity index (χ3n) is 4.72. The third kappa shape index (κ3) is 3.98.